The third kappa shape index (κ3) is 2.73. The molecule has 4 nitrogen and oxygen atoms in total. The molecule has 1 saturated carbocycles. The number of ether oxygens (including phenoxy) is 1. The van der Waals surface area contributed by atoms with Crippen LogP contribution in [-0.2, 0) is 9.53 Å². The van der Waals surface area contributed by atoms with E-state index in [9.17, 15) is 9.90 Å². The molecule has 0 spiro atoms. The van der Waals surface area contributed by atoms with Crippen molar-refractivity contribution in [2.24, 2.45) is 11.8 Å². The van der Waals surface area contributed by atoms with Crippen LogP contribution in [0.5, 0.6) is 0 Å². The molecule has 1 aliphatic carbocycles. The highest BCUT2D eigenvalue weighted by molar-refractivity contribution is 5.79. The van der Waals surface area contributed by atoms with Crippen LogP contribution in [0.3, 0.4) is 0 Å². The van der Waals surface area contributed by atoms with Crippen molar-refractivity contribution in [1.82, 2.24) is 4.90 Å². The van der Waals surface area contributed by atoms with Gasteiger partial charge in [0.05, 0.1) is 24.7 Å². The Balaban J connectivity index is 1.70. The Morgan fingerprint density at radius 3 is 2.70 bits per heavy atom. The highest BCUT2D eigenvalue weighted by atomic mass is 16.5. The standard InChI is InChI=1S/C16H27NO3/c1-11-9-12(10-20-11)16(19)17-8-3-2-6-14(17)13-5-4-7-15(13)18/h11-15,18H,2-10H2,1H3. The SMILES string of the molecule is CC1CC(C(=O)N2CCCCC2C2CCCC2O)CO1. The van der Waals surface area contributed by atoms with Gasteiger partial charge >= 0.3 is 0 Å². The molecule has 0 aromatic rings. The molecule has 3 fully saturated rings. The normalized spacial score (nSPS) is 42.1. The molecule has 0 radical (unpaired) electrons. The number of likely N-dealkylation sites (tertiary alicyclic amines) is 1. The molecule has 1 amide bonds. The first-order valence-corrected chi connectivity index (χ1v) is 8.27. The predicted molar refractivity (Wildman–Crippen MR) is 76.2 cm³/mol. The van der Waals surface area contributed by atoms with Crippen LogP contribution in [0, 0.1) is 11.8 Å². The number of piperidine rings is 1. The molecule has 0 bridgehead atoms. The molecule has 4 heteroatoms. The number of rotatable bonds is 2. The fourth-order valence-electron chi connectivity index (χ4n) is 4.32. The predicted octanol–water partition coefficient (Wildman–Crippen LogP) is 1.95. The Kier molecular flexibility index (Phi) is 4.32. The molecular formula is C16H27NO3. The molecule has 2 aliphatic heterocycles. The number of hydrogen-bond acceptors (Lipinski definition) is 3. The van der Waals surface area contributed by atoms with Crippen molar-refractivity contribution in [3.63, 3.8) is 0 Å². The zero-order valence-electron chi connectivity index (χ0n) is 12.5. The van der Waals surface area contributed by atoms with Crippen molar-refractivity contribution in [1.29, 1.82) is 0 Å². The van der Waals surface area contributed by atoms with Gasteiger partial charge < -0.3 is 14.7 Å². The monoisotopic (exact) mass is 281 g/mol. The zero-order valence-corrected chi connectivity index (χ0v) is 12.5. The van der Waals surface area contributed by atoms with E-state index in [1.54, 1.807) is 0 Å². The molecule has 20 heavy (non-hydrogen) atoms. The Hall–Kier alpha value is -0.610. The van der Waals surface area contributed by atoms with Gasteiger partial charge in [-0.3, -0.25) is 4.79 Å². The summed E-state index contributed by atoms with van der Waals surface area (Å²) >= 11 is 0. The lowest BCUT2D eigenvalue weighted by Crippen LogP contribution is -2.51. The topological polar surface area (TPSA) is 49.8 Å². The molecular weight excluding hydrogens is 254 g/mol. The first-order chi connectivity index (χ1) is 9.66. The molecule has 3 aliphatic rings. The van der Waals surface area contributed by atoms with Gasteiger partial charge in [-0.05, 0) is 45.4 Å². The Morgan fingerprint density at radius 2 is 2.05 bits per heavy atom. The summed E-state index contributed by atoms with van der Waals surface area (Å²) in [7, 11) is 0. The second kappa shape index (κ2) is 6.02. The summed E-state index contributed by atoms with van der Waals surface area (Å²) in [6.45, 7) is 3.50. The number of nitrogens with zero attached hydrogens (tertiary/aromatic N) is 1. The largest absolute Gasteiger partial charge is 0.393 e. The number of carbonyl (C=O) groups excluding carboxylic acids is 1. The molecule has 2 heterocycles. The lowest BCUT2D eigenvalue weighted by Gasteiger charge is -2.41. The number of hydrogen-bond donors (Lipinski definition) is 1. The second-order valence-corrected chi connectivity index (χ2v) is 6.83. The van der Waals surface area contributed by atoms with Gasteiger partial charge in [-0.15, -0.1) is 0 Å². The highest BCUT2D eigenvalue weighted by Crippen LogP contribution is 2.36. The van der Waals surface area contributed by atoms with E-state index in [4.69, 9.17) is 4.74 Å². The van der Waals surface area contributed by atoms with Crippen LogP contribution in [0.1, 0.15) is 51.9 Å². The third-order valence-electron chi connectivity index (χ3n) is 5.41. The zero-order chi connectivity index (χ0) is 14.1. The summed E-state index contributed by atoms with van der Waals surface area (Å²) < 4.78 is 5.56. The van der Waals surface area contributed by atoms with E-state index in [1.165, 1.54) is 6.42 Å². The van der Waals surface area contributed by atoms with Crippen LogP contribution in [0.2, 0.25) is 0 Å². The van der Waals surface area contributed by atoms with Crippen molar-refractivity contribution >= 4 is 5.91 Å². The van der Waals surface area contributed by atoms with E-state index < -0.39 is 0 Å². The van der Waals surface area contributed by atoms with E-state index in [-0.39, 0.29) is 30.1 Å². The maximum absolute atomic E-state index is 12.8. The van der Waals surface area contributed by atoms with Gasteiger partial charge in [0.2, 0.25) is 5.91 Å². The van der Waals surface area contributed by atoms with E-state index in [1.807, 2.05) is 6.92 Å². The maximum atomic E-state index is 12.8. The molecule has 3 rings (SSSR count). The van der Waals surface area contributed by atoms with Gasteiger partial charge in [0.1, 0.15) is 0 Å². The number of carbonyl (C=O) groups is 1. The van der Waals surface area contributed by atoms with Gasteiger partial charge in [0.15, 0.2) is 0 Å². The summed E-state index contributed by atoms with van der Waals surface area (Å²) in [5, 5.41) is 10.2. The Bertz CT molecular complexity index is 360. The van der Waals surface area contributed by atoms with Crippen LogP contribution in [-0.4, -0.2) is 47.3 Å². The van der Waals surface area contributed by atoms with Gasteiger partial charge in [-0.2, -0.15) is 0 Å². The van der Waals surface area contributed by atoms with E-state index in [0.717, 1.165) is 45.1 Å². The van der Waals surface area contributed by atoms with Crippen molar-refractivity contribution in [3.05, 3.63) is 0 Å². The van der Waals surface area contributed by atoms with Gasteiger partial charge in [0.25, 0.3) is 0 Å². The minimum Gasteiger partial charge on any atom is -0.393 e. The third-order valence-corrected chi connectivity index (χ3v) is 5.41. The van der Waals surface area contributed by atoms with Crippen molar-refractivity contribution < 1.29 is 14.6 Å². The van der Waals surface area contributed by atoms with Crippen LogP contribution < -0.4 is 0 Å². The van der Waals surface area contributed by atoms with Crippen LogP contribution >= 0.6 is 0 Å². The highest BCUT2D eigenvalue weighted by Gasteiger charge is 2.41. The first-order valence-electron chi connectivity index (χ1n) is 8.27. The molecule has 0 aromatic heterocycles. The minimum atomic E-state index is -0.202. The smallest absolute Gasteiger partial charge is 0.228 e. The molecule has 5 unspecified atom stereocenters. The average molecular weight is 281 g/mol. The Morgan fingerprint density at radius 1 is 1.20 bits per heavy atom. The van der Waals surface area contributed by atoms with Crippen molar-refractivity contribution in [2.75, 3.05) is 13.2 Å². The van der Waals surface area contributed by atoms with E-state index in [2.05, 4.69) is 4.90 Å². The van der Waals surface area contributed by atoms with E-state index >= 15 is 0 Å². The molecule has 1 N–H and O–H groups in total. The molecule has 5 atom stereocenters. The summed E-state index contributed by atoms with van der Waals surface area (Å²) in [5.74, 6) is 0.626. The average Bonchev–Trinajstić information content (AvgIpc) is 3.07. The van der Waals surface area contributed by atoms with Gasteiger partial charge in [-0.25, -0.2) is 0 Å². The maximum Gasteiger partial charge on any atom is 0.228 e. The summed E-state index contributed by atoms with van der Waals surface area (Å²) in [4.78, 5) is 14.9. The van der Waals surface area contributed by atoms with Gasteiger partial charge in [0, 0.05) is 18.5 Å². The van der Waals surface area contributed by atoms with Crippen molar-refractivity contribution in [3.8, 4) is 0 Å². The summed E-state index contributed by atoms with van der Waals surface area (Å²) in [5.41, 5.74) is 0. The number of aliphatic hydroxyl groups excluding tert-OH is 1. The lowest BCUT2D eigenvalue weighted by molar-refractivity contribution is -0.141. The summed E-state index contributed by atoms with van der Waals surface area (Å²) in [6.07, 6.45) is 7.32. The van der Waals surface area contributed by atoms with Gasteiger partial charge in [-0.1, -0.05) is 6.42 Å². The quantitative estimate of drug-likeness (QED) is 0.841. The molecule has 0 aromatic carbocycles. The van der Waals surface area contributed by atoms with Crippen LogP contribution in [0.15, 0.2) is 0 Å². The number of amides is 1. The Labute approximate surface area is 121 Å². The molecule has 2 saturated heterocycles. The minimum absolute atomic E-state index is 0.0455. The van der Waals surface area contributed by atoms with Crippen LogP contribution in [0.25, 0.3) is 0 Å². The fourth-order valence-corrected chi connectivity index (χ4v) is 4.32. The summed E-state index contributed by atoms with van der Waals surface area (Å²) in [6, 6.07) is 0.268. The fraction of sp³-hybridized carbons (Fsp3) is 0.938. The molecule has 114 valence electrons. The van der Waals surface area contributed by atoms with E-state index in [0.29, 0.717) is 12.5 Å². The lowest BCUT2D eigenvalue weighted by atomic mass is 9.86. The number of aliphatic hydroxyl groups is 1. The van der Waals surface area contributed by atoms with Crippen molar-refractivity contribution in [2.45, 2.75) is 70.1 Å². The first kappa shape index (κ1) is 14.3. The van der Waals surface area contributed by atoms with Crippen LogP contribution in [0.4, 0.5) is 0 Å². The second-order valence-electron chi connectivity index (χ2n) is 6.83.